The molecule has 0 saturated carbocycles. The van der Waals surface area contributed by atoms with E-state index in [0.29, 0.717) is 25.9 Å². The molecule has 0 bridgehead atoms. The molecule has 0 spiro atoms. The number of amides is 1. The highest BCUT2D eigenvalue weighted by atomic mass is 16.5. The Morgan fingerprint density at radius 1 is 1.22 bits per heavy atom. The number of aliphatic carboxylic acids is 1. The van der Waals surface area contributed by atoms with E-state index < -0.39 is 5.97 Å². The Hall–Kier alpha value is -1.88. The Morgan fingerprint density at radius 3 is 2.65 bits per heavy atom. The molecular weight excluding hydrogens is 294 g/mol. The maximum absolute atomic E-state index is 12.5. The zero-order valence-corrected chi connectivity index (χ0v) is 13.4. The van der Waals surface area contributed by atoms with Gasteiger partial charge in [0.05, 0.1) is 6.10 Å². The van der Waals surface area contributed by atoms with Crippen LogP contribution in [0.5, 0.6) is 0 Å². The molecule has 1 aliphatic heterocycles. The van der Waals surface area contributed by atoms with Crippen molar-refractivity contribution in [3.8, 4) is 0 Å². The number of carbonyl (C=O) groups is 2. The van der Waals surface area contributed by atoms with Crippen molar-refractivity contribution in [2.45, 2.75) is 51.2 Å². The standard InChI is InChI=1S/C18H25NO4/c20-17(11-10-16-8-5-13-23-16)19(12-4-9-18(21)22)14-15-6-2-1-3-7-15/h1-3,6-7,16H,4-5,8-14H2,(H,21,22). The highest BCUT2D eigenvalue weighted by Gasteiger charge is 2.20. The molecule has 1 heterocycles. The number of rotatable bonds is 9. The fourth-order valence-corrected chi connectivity index (χ4v) is 2.83. The molecule has 1 amide bonds. The maximum Gasteiger partial charge on any atom is 0.303 e. The average Bonchev–Trinajstić information content (AvgIpc) is 3.06. The molecule has 1 atom stereocenters. The summed E-state index contributed by atoms with van der Waals surface area (Å²) in [5.41, 5.74) is 1.06. The van der Waals surface area contributed by atoms with Crippen molar-refractivity contribution in [1.29, 1.82) is 0 Å². The zero-order valence-electron chi connectivity index (χ0n) is 13.4. The second kappa shape index (κ2) is 9.30. The molecule has 1 aromatic rings. The summed E-state index contributed by atoms with van der Waals surface area (Å²) in [7, 11) is 0. The normalized spacial score (nSPS) is 17.1. The van der Waals surface area contributed by atoms with Crippen molar-refractivity contribution in [2.75, 3.05) is 13.2 Å². The van der Waals surface area contributed by atoms with Crippen molar-refractivity contribution in [2.24, 2.45) is 0 Å². The van der Waals surface area contributed by atoms with Crippen LogP contribution in [0.25, 0.3) is 0 Å². The van der Waals surface area contributed by atoms with Gasteiger partial charge in [-0.05, 0) is 31.2 Å². The predicted octanol–water partition coefficient (Wildman–Crippen LogP) is 2.84. The molecule has 5 nitrogen and oxygen atoms in total. The third-order valence-corrected chi connectivity index (χ3v) is 4.09. The van der Waals surface area contributed by atoms with Crippen LogP contribution in [0.4, 0.5) is 0 Å². The van der Waals surface area contributed by atoms with Gasteiger partial charge in [-0.2, -0.15) is 0 Å². The summed E-state index contributed by atoms with van der Waals surface area (Å²) in [6.45, 7) is 1.81. The lowest BCUT2D eigenvalue weighted by Crippen LogP contribution is -2.32. The number of carbonyl (C=O) groups excluding carboxylic acids is 1. The largest absolute Gasteiger partial charge is 0.481 e. The maximum atomic E-state index is 12.5. The van der Waals surface area contributed by atoms with Gasteiger partial charge in [0.2, 0.25) is 5.91 Å². The Morgan fingerprint density at radius 2 is 2.00 bits per heavy atom. The van der Waals surface area contributed by atoms with Gasteiger partial charge >= 0.3 is 5.97 Å². The topological polar surface area (TPSA) is 66.8 Å². The first kappa shape index (κ1) is 17.5. The lowest BCUT2D eigenvalue weighted by atomic mass is 10.1. The first-order valence-electron chi connectivity index (χ1n) is 8.30. The van der Waals surface area contributed by atoms with Gasteiger partial charge in [-0.25, -0.2) is 0 Å². The van der Waals surface area contributed by atoms with Crippen LogP contribution in [-0.4, -0.2) is 41.1 Å². The van der Waals surface area contributed by atoms with E-state index in [9.17, 15) is 9.59 Å². The fraction of sp³-hybridized carbons (Fsp3) is 0.556. The molecule has 0 aromatic heterocycles. The number of carboxylic acid groups (broad SMARTS) is 1. The Labute approximate surface area is 137 Å². The molecule has 0 aliphatic carbocycles. The van der Waals surface area contributed by atoms with Crippen molar-refractivity contribution in [1.82, 2.24) is 4.90 Å². The minimum Gasteiger partial charge on any atom is -0.481 e. The second-order valence-corrected chi connectivity index (χ2v) is 5.97. The average molecular weight is 319 g/mol. The van der Waals surface area contributed by atoms with Crippen LogP contribution >= 0.6 is 0 Å². The lowest BCUT2D eigenvalue weighted by Gasteiger charge is -2.23. The van der Waals surface area contributed by atoms with Gasteiger partial charge in [-0.1, -0.05) is 30.3 Å². The summed E-state index contributed by atoms with van der Waals surface area (Å²) in [5.74, 6) is -0.744. The van der Waals surface area contributed by atoms with Gasteiger partial charge in [-0.15, -0.1) is 0 Å². The molecule has 23 heavy (non-hydrogen) atoms. The number of benzene rings is 1. The van der Waals surface area contributed by atoms with Gasteiger partial charge in [0.15, 0.2) is 0 Å². The van der Waals surface area contributed by atoms with Crippen molar-refractivity contribution < 1.29 is 19.4 Å². The summed E-state index contributed by atoms with van der Waals surface area (Å²) in [6, 6.07) is 9.80. The monoisotopic (exact) mass is 319 g/mol. The van der Waals surface area contributed by atoms with Gasteiger partial charge in [0.25, 0.3) is 0 Å². The number of nitrogens with zero attached hydrogens (tertiary/aromatic N) is 1. The van der Waals surface area contributed by atoms with Crippen LogP contribution in [0.3, 0.4) is 0 Å². The molecule has 5 heteroatoms. The number of hydrogen-bond acceptors (Lipinski definition) is 3. The molecule has 1 fully saturated rings. The van der Waals surface area contributed by atoms with Gasteiger partial charge in [-0.3, -0.25) is 9.59 Å². The molecule has 1 aliphatic rings. The first-order valence-corrected chi connectivity index (χ1v) is 8.30. The molecule has 1 aromatic carbocycles. The summed E-state index contributed by atoms with van der Waals surface area (Å²) in [6.07, 6.45) is 4.10. The number of ether oxygens (including phenoxy) is 1. The predicted molar refractivity (Wildman–Crippen MR) is 86.9 cm³/mol. The summed E-state index contributed by atoms with van der Waals surface area (Å²) in [4.78, 5) is 25.0. The number of hydrogen-bond donors (Lipinski definition) is 1. The SMILES string of the molecule is O=C(O)CCCN(Cc1ccccc1)C(=O)CCC1CCCO1. The van der Waals surface area contributed by atoms with Gasteiger partial charge in [0, 0.05) is 32.5 Å². The van der Waals surface area contributed by atoms with E-state index in [1.807, 2.05) is 30.3 Å². The lowest BCUT2D eigenvalue weighted by molar-refractivity contribution is -0.138. The zero-order chi connectivity index (χ0) is 16.5. The van der Waals surface area contributed by atoms with Crippen molar-refractivity contribution in [3.63, 3.8) is 0 Å². The van der Waals surface area contributed by atoms with Crippen LogP contribution in [0.1, 0.15) is 44.1 Å². The first-order chi connectivity index (χ1) is 11.1. The molecule has 126 valence electrons. The summed E-state index contributed by atoms with van der Waals surface area (Å²) >= 11 is 0. The van der Waals surface area contributed by atoms with Gasteiger partial charge in [0.1, 0.15) is 0 Å². The van der Waals surface area contributed by atoms with E-state index in [1.165, 1.54) is 0 Å². The Kier molecular flexibility index (Phi) is 7.07. The van der Waals surface area contributed by atoms with E-state index in [2.05, 4.69) is 0 Å². The highest BCUT2D eigenvalue weighted by molar-refractivity contribution is 5.76. The van der Waals surface area contributed by atoms with Crippen LogP contribution in [0, 0.1) is 0 Å². The Bertz CT molecular complexity index is 497. The quantitative estimate of drug-likeness (QED) is 0.760. The third kappa shape index (κ3) is 6.40. The highest BCUT2D eigenvalue weighted by Crippen LogP contribution is 2.18. The second-order valence-electron chi connectivity index (χ2n) is 5.97. The third-order valence-electron chi connectivity index (χ3n) is 4.09. The Balaban J connectivity index is 1.87. The van der Waals surface area contributed by atoms with Crippen LogP contribution in [-0.2, 0) is 20.9 Å². The van der Waals surface area contributed by atoms with E-state index in [1.54, 1.807) is 4.90 Å². The van der Waals surface area contributed by atoms with Crippen LogP contribution in [0.15, 0.2) is 30.3 Å². The molecule has 1 unspecified atom stereocenters. The minimum absolute atomic E-state index is 0.0785. The smallest absolute Gasteiger partial charge is 0.303 e. The van der Waals surface area contributed by atoms with E-state index in [0.717, 1.165) is 31.4 Å². The van der Waals surface area contributed by atoms with Gasteiger partial charge < -0.3 is 14.7 Å². The fourth-order valence-electron chi connectivity index (χ4n) is 2.83. The molecule has 0 radical (unpaired) electrons. The van der Waals surface area contributed by atoms with Crippen LogP contribution < -0.4 is 0 Å². The molecule has 1 N–H and O–H groups in total. The van der Waals surface area contributed by atoms with E-state index in [4.69, 9.17) is 9.84 Å². The molecule has 2 rings (SSSR count). The summed E-state index contributed by atoms with van der Waals surface area (Å²) in [5, 5.41) is 8.78. The van der Waals surface area contributed by atoms with Crippen molar-refractivity contribution >= 4 is 11.9 Å². The van der Waals surface area contributed by atoms with E-state index >= 15 is 0 Å². The van der Waals surface area contributed by atoms with Crippen LogP contribution in [0.2, 0.25) is 0 Å². The molecular formula is C18H25NO4. The summed E-state index contributed by atoms with van der Waals surface area (Å²) < 4.78 is 5.57. The number of carboxylic acids is 1. The minimum atomic E-state index is -0.823. The van der Waals surface area contributed by atoms with E-state index in [-0.39, 0.29) is 18.4 Å². The molecule has 1 saturated heterocycles. The van der Waals surface area contributed by atoms with Crippen molar-refractivity contribution in [3.05, 3.63) is 35.9 Å².